The Kier molecular flexibility index (Phi) is 2.14. The minimum atomic E-state index is -2.43. The highest BCUT2D eigenvalue weighted by atomic mass is 79.9. The summed E-state index contributed by atoms with van der Waals surface area (Å²) in [6.07, 6.45) is -0.00870. The lowest BCUT2D eigenvalue weighted by atomic mass is 9.77. The number of hydrogen-bond donors (Lipinski definition) is 0. The SMILES string of the molecule is FC1(F)CC(c2ccccc2Br)C1. The molecule has 0 saturated heterocycles. The van der Waals surface area contributed by atoms with Gasteiger partial charge in [-0.05, 0) is 17.5 Å². The lowest BCUT2D eigenvalue weighted by Gasteiger charge is -2.35. The van der Waals surface area contributed by atoms with Crippen LogP contribution in [0.25, 0.3) is 0 Å². The van der Waals surface area contributed by atoms with E-state index in [2.05, 4.69) is 15.9 Å². The molecule has 13 heavy (non-hydrogen) atoms. The average molecular weight is 247 g/mol. The van der Waals surface area contributed by atoms with E-state index in [4.69, 9.17) is 0 Å². The number of alkyl halides is 2. The zero-order chi connectivity index (χ0) is 9.47. The summed E-state index contributed by atoms with van der Waals surface area (Å²) in [7, 11) is 0. The van der Waals surface area contributed by atoms with Gasteiger partial charge in [-0.15, -0.1) is 0 Å². The first-order chi connectivity index (χ1) is 6.08. The predicted octanol–water partition coefficient (Wildman–Crippen LogP) is 3.96. The minimum Gasteiger partial charge on any atom is -0.207 e. The summed E-state index contributed by atoms with van der Waals surface area (Å²) in [5.74, 6) is -2.40. The van der Waals surface area contributed by atoms with Gasteiger partial charge in [-0.2, -0.15) is 0 Å². The number of benzene rings is 1. The van der Waals surface area contributed by atoms with Crippen molar-refractivity contribution in [2.24, 2.45) is 0 Å². The van der Waals surface area contributed by atoms with Crippen LogP contribution in [0.15, 0.2) is 28.7 Å². The Morgan fingerprint density at radius 2 is 1.85 bits per heavy atom. The highest BCUT2D eigenvalue weighted by molar-refractivity contribution is 9.10. The zero-order valence-electron chi connectivity index (χ0n) is 6.93. The van der Waals surface area contributed by atoms with Crippen molar-refractivity contribution >= 4 is 15.9 Å². The standard InChI is InChI=1S/C10H9BrF2/c11-9-4-2-1-3-8(9)7-5-10(12,13)6-7/h1-4,7H,5-6H2. The second kappa shape index (κ2) is 3.05. The van der Waals surface area contributed by atoms with E-state index in [0.717, 1.165) is 10.0 Å². The molecule has 0 aliphatic heterocycles. The first kappa shape index (κ1) is 9.13. The fourth-order valence-corrected chi connectivity index (χ4v) is 2.30. The van der Waals surface area contributed by atoms with Gasteiger partial charge in [0.25, 0.3) is 0 Å². The molecule has 0 atom stereocenters. The van der Waals surface area contributed by atoms with Crippen molar-refractivity contribution in [1.29, 1.82) is 0 Å². The second-order valence-electron chi connectivity index (χ2n) is 3.48. The minimum absolute atomic E-state index is 0.00435. The summed E-state index contributed by atoms with van der Waals surface area (Å²) in [6, 6.07) is 7.58. The number of hydrogen-bond acceptors (Lipinski definition) is 0. The normalized spacial score (nSPS) is 21.2. The quantitative estimate of drug-likeness (QED) is 0.704. The fourth-order valence-electron chi connectivity index (χ4n) is 1.69. The Hall–Kier alpha value is -0.440. The largest absolute Gasteiger partial charge is 0.249 e. The summed E-state index contributed by atoms with van der Waals surface area (Å²) in [6.45, 7) is 0. The topological polar surface area (TPSA) is 0 Å². The van der Waals surface area contributed by atoms with Crippen LogP contribution in [0.1, 0.15) is 24.3 Å². The number of halogens is 3. The van der Waals surface area contributed by atoms with E-state index < -0.39 is 5.92 Å². The Bertz CT molecular complexity index is 314. The molecule has 70 valence electrons. The van der Waals surface area contributed by atoms with Gasteiger partial charge in [-0.25, -0.2) is 8.78 Å². The lowest BCUT2D eigenvalue weighted by Crippen LogP contribution is -2.33. The van der Waals surface area contributed by atoms with Gasteiger partial charge in [-0.3, -0.25) is 0 Å². The van der Waals surface area contributed by atoms with Crippen LogP contribution < -0.4 is 0 Å². The summed E-state index contributed by atoms with van der Waals surface area (Å²) < 4.78 is 26.1. The summed E-state index contributed by atoms with van der Waals surface area (Å²) in [4.78, 5) is 0. The highest BCUT2D eigenvalue weighted by Gasteiger charge is 2.46. The molecule has 0 unspecified atom stereocenters. The Balaban J connectivity index is 2.16. The molecule has 1 aliphatic rings. The van der Waals surface area contributed by atoms with Crippen LogP contribution in [0.5, 0.6) is 0 Å². The molecule has 1 saturated carbocycles. The average Bonchev–Trinajstić information content (AvgIpc) is 2.01. The van der Waals surface area contributed by atoms with Gasteiger partial charge in [0.1, 0.15) is 0 Å². The van der Waals surface area contributed by atoms with Gasteiger partial charge in [-0.1, -0.05) is 34.1 Å². The maximum Gasteiger partial charge on any atom is 0.249 e. The summed E-state index contributed by atoms with van der Waals surface area (Å²) >= 11 is 3.36. The zero-order valence-corrected chi connectivity index (χ0v) is 8.52. The molecule has 0 amide bonds. The molecule has 1 aliphatic carbocycles. The van der Waals surface area contributed by atoms with Crippen molar-refractivity contribution < 1.29 is 8.78 Å². The Labute approximate surface area is 84.1 Å². The van der Waals surface area contributed by atoms with Crippen LogP contribution in [-0.2, 0) is 0 Å². The molecule has 1 aromatic carbocycles. The van der Waals surface area contributed by atoms with Gasteiger partial charge in [0.05, 0.1) is 0 Å². The van der Waals surface area contributed by atoms with E-state index in [-0.39, 0.29) is 18.8 Å². The Morgan fingerprint density at radius 1 is 1.23 bits per heavy atom. The van der Waals surface area contributed by atoms with Crippen LogP contribution >= 0.6 is 15.9 Å². The van der Waals surface area contributed by atoms with E-state index in [0.29, 0.717) is 0 Å². The van der Waals surface area contributed by atoms with Crippen molar-refractivity contribution in [3.8, 4) is 0 Å². The molecule has 1 fully saturated rings. The molecule has 0 radical (unpaired) electrons. The van der Waals surface area contributed by atoms with Gasteiger partial charge >= 0.3 is 0 Å². The van der Waals surface area contributed by atoms with Crippen LogP contribution in [0, 0.1) is 0 Å². The second-order valence-corrected chi connectivity index (χ2v) is 4.34. The third-order valence-corrected chi connectivity index (χ3v) is 3.16. The Morgan fingerprint density at radius 3 is 2.38 bits per heavy atom. The van der Waals surface area contributed by atoms with Gasteiger partial charge in [0.15, 0.2) is 0 Å². The molecule has 0 heterocycles. The smallest absolute Gasteiger partial charge is 0.207 e. The summed E-state index contributed by atoms with van der Waals surface area (Å²) in [5.41, 5.74) is 1.01. The van der Waals surface area contributed by atoms with E-state index in [1.807, 2.05) is 24.3 Å². The van der Waals surface area contributed by atoms with Crippen LogP contribution in [0.4, 0.5) is 8.78 Å². The predicted molar refractivity (Wildman–Crippen MR) is 51.1 cm³/mol. The first-order valence-electron chi connectivity index (χ1n) is 4.21. The fraction of sp³-hybridized carbons (Fsp3) is 0.400. The van der Waals surface area contributed by atoms with Crippen molar-refractivity contribution in [1.82, 2.24) is 0 Å². The van der Waals surface area contributed by atoms with Gasteiger partial charge < -0.3 is 0 Å². The molecule has 0 bridgehead atoms. The van der Waals surface area contributed by atoms with Crippen molar-refractivity contribution in [2.75, 3.05) is 0 Å². The molecule has 0 aromatic heterocycles. The van der Waals surface area contributed by atoms with Gasteiger partial charge in [0, 0.05) is 17.3 Å². The first-order valence-corrected chi connectivity index (χ1v) is 5.00. The molecule has 0 N–H and O–H groups in total. The van der Waals surface area contributed by atoms with Crippen molar-refractivity contribution in [3.05, 3.63) is 34.3 Å². The van der Waals surface area contributed by atoms with Crippen molar-refractivity contribution in [2.45, 2.75) is 24.7 Å². The molecule has 3 heteroatoms. The third-order valence-electron chi connectivity index (χ3n) is 2.44. The molecular formula is C10H9BrF2. The maximum absolute atomic E-state index is 12.6. The monoisotopic (exact) mass is 246 g/mol. The lowest BCUT2D eigenvalue weighted by molar-refractivity contribution is -0.0868. The third kappa shape index (κ3) is 1.75. The summed E-state index contributed by atoms with van der Waals surface area (Å²) in [5, 5.41) is 0. The van der Waals surface area contributed by atoms with E-state index in [9.17, 15) is 8.78 Å². The van der Waals surface area contributed by atoms with Crippen molar-refractivity contribution in [3.63, 3.8) is 0 Å². The van der Waals surface area contributed by atoms with E-state index in [1.54, 1.807) is 0 Å². The molecule has 2 rings (SSSR count). The highest BCUT2D eigenvalue weighted by Crippen LogP contribution is 2.49. The number of rotatable bonds is 1. The van der Waals surface area contributed by atoms with E-state index >= 15 is 0 Å². The van der Waals surface area contributed by atoms with Gasteiger partial charge in [0.2, 0.25) is 5.92 Å². The van der Waals surface area contributed by atoms with Crippen LogP contribution in [-0.4, -0.2) is 5.92 Å². The van der Waals surface area contributed by atoms with Crippen LogP contribution in [0.3, 0.4) is 0 Å². The maximum atomic E-state index is 12.6. The molecular weight excluding hydrogens is 238 g/mol. The molecule has 1 aromatic rings. The van der Waals surface area contributed by atoms with Crippen LogP contribution in [0.2, 0.25) is 0 Å². The molecule has 0 nitrogen and oxygen atoms in total. The molecule has 0 spiro atoms. The van der Waals surface area contributed by atoms with E-state index in [1.165, 1.54) is 0 Å².